The first-order chi connectivity index (χ1) is 7.25. The van der Waals surface area contributed by atoms with Crippen molar-refractivity contribution >= 4 is 5.69 Å². The summed E-state index contributed by atoms with van der Waals surface area (Å²) in [6.07, 6.45) is 7.95. The zero-order valence-corrected chi connectivity index (χ0v) is 9.66. The lowest BCUT2D eigenvalue weighted by Crippen LogP contribution is -2.12. The van der Waals surface area contributed by atoms with E-state index in [4.69, 9.17) is 0 Å². The van der Waals surface area contributed by atoms with Crippen molar-refractivity contribution in [1.29, 1.82) is 0 Å². The highest BCUT2D eigenvalue weighted by atomic mass is 14.9. The predicted molar refractivity (Wildman–Crippen MR) is 64.0 cm³/mol. The molecule has 1 heterocycles. The van der Waals surface area contributed by atoms with Crippen molar-refractivity contribution < 1.29 is 0 Å². The van der Waals surface area contributed by atoms with Crippen molar-refractivity contribution in [3.63, 3.8) is 0 Å². The van der Waals surface area contributed by atoms with E-state index in [9.17, 15) is 0 Å². The van der Waals surface area contributed by atoms with Gasteiger partial charge in [-0.1, -0.05) is 13.3 Å². The fourth-order valence-corrected chi connectivity index (χ4v) is 2.44. The van der Waals surface area contributed by atoms with Gasteiger partial charge in [-0.25, -0.2) is 0 Å². The van der Waals surface area contributed by atoms with Crippen LogP contribution in [0.3, 0.4) is 0 Å². The highest BCUT2D eigenvalue weighted by Crippen LogP contribution is 2.30. The minimum Gasteiger partial charge on any atom is -0.384 e. The van der Waals surface area contributed by atoms with Crippen LogP contribution in [0.5, 0.6) is 0 Å². The van der Waals surface area contributed by atoms with Crippen LogP contribution in [0.15, 0.2) is 18.5 Å². The molecule has 0 spiro atoms. The van der Waals surface area contributed by atoms with E-state index in [1.54, 1.807) is 0 Å². The first-order valence-electron chi connectivity index (χ1n) is 5.90. The zero-order chi connectivity index (χ0) is 10.7. The monoisotopic (exact) mass is 204 g/mol. The Labute approximate surface area is 92.1 Å². The van der Waals surface area contributed by atoms with E-state index in [2.05, 4.69) is 30.2 Å². The van der Waals surface area contributed by atoms with Crippen molar-refractivity contribution in [3.05, 3.63) is 24.0 Å². The molecule has 0 amide bonds. The largest absolute Gasteiger partial charge is 0.384 e. The molecule has 0 aromatic carbocycles. The third-order valence-electron chi connectivity index (χ3n) is 3.40. The Bertz CT molecular complexity index is 322. The topological polar surface area (TPSA) is 24.9 Å². The number of aromatic nitrogens is 1. The molecule has 0 radical (unpaired) electrons. The van der Waals surface area contributed by atoms with E-state index >= 15 is 0 Å². The quantitative estimate of drug-likeness (QED) is 0.817. The van der Waals surface area contributed by atoms with Gasteiger partial charge in [-0.3, -0.25) is 4.98 Å². The molecule has 1 aromatic heterocycles. The van der Waals surface area contributed by atoms with E-state index in [1.807, 2.05) is 12.4 Å². The fourth-order valence-electron chi connectivity index (χ4n) is 2.44. The first-order valence-corrected chi connectivity index (χ1v) is 5.90. The normalized spacial score (nSPS) is 25.5. The maximum Gasteiger partial charge on any atom is 0.0400 e. The highest BCUT2D eigenvalue weighted by molar-refractivity contribution is 5.48. The Morgan fingerprint density at radius 1 is 1.47 bits per heavy atom. The maximum absolute atomic E-state index is 4.10. The molecule has 82 valence electrons. The Morgan fingerprint density at radius 2 is 2.33 bits per heavy atom. The molecule has 2 heteroatoms. The summed E-state index contributed by atoms with van der Waals surface area (Å²) in [4.78, 5) is 4.10. The molecule has 2 atom stereocenters. The molecule has 1 aromatic rings. The van der Waals surface area contributed by atoms with Crippen molar-refractivity contribution in [1.82, 2.24) is 4.98 Å². The minimum absolute atomic E-state index is 0.868. The van der Waals surface area contributed by atoms with Gasteiger partial charge in [-0.2, -0.15) is 0 Å². The van der Waals surface area contributed by atoms with Crippen LogP contribution in [0, 0.1) is 18.8 Å². The summed E-state index contributed by atoms with van der Waals surface area (Å²) in [7, 11) is 0. The number of nitrogens with zero attached hydrogens (tertiary/aromatic N) is 1. The summed E-state index contributed by atoms with van der Waals surface area (Å²) in [5, 5.41) is 3.54. The smallest absolute Gasteiger partial charge is 0.0400 e. The number of nitrogens with one attached hydrogen (secondary N) is 1. The van der Waals surface area contributed by atoms with Crippen molar-refractivity contribution in [2.24, 2.45) is 11.8 Å². The van der Waals surface area contributed by atoms with Crippen LogP contribution in [0.4, 0.5) is 5.69 Å². The van der Waals surface area contributed by atoms with Crippen molar-refractivity contribution in [2.45, 2.75) is 33.1 Å². The van der Waals surface area contributed by atoms with E-state index in [1.165, 1.54) is 30.5 Å². The average molecular weight is 204 g/mol. The molecule has 0 bridgehead atoms. The standard InChI is InChI=1S/C13H20N2/c1-10-3-4-12(7-10)9-15-13-5-6-14-8-11(13)2/h5-6,8,10,12H,3-4,7,9H2,1-2H3,(H,14,15). The lowest BCUT2D eigenvalue weighted by atomic mass is 10.1. The van der Waals surface area contributed by atoms with Gasteiger partial charge in [0.1, 0.15) is 0 Å². The van der Waals surface area contributed by atoms with Gasteiger partial charge < -0.3 is 5.32 Å². The Morgan fingerprint density at radius 3 is 3.00 bits per heavy atom. The molecular weight excluding hydrogens is 184 g/mol. The van der Waals surface area contributed by atoms with Gasteiger partial charge in [0.15, 0.2) is 0 Å². The van der Waals surface area contributed by atoms with Crippen LogP contribution < -0.4 is 5.32 Å². The Kier molecular flexibility index (Phi) is 3.24. The molecule has 15 heavy (non-hydrogen) atoms. The zero-order valence-electron chi connectivity index (χ0n) is 9.66. The SMILES string of the molecule is Cc1cnccc1NCC1CCC(C)C1. The van der Waals surface area contributed by atoms with Gasteiger partial charge in [0, 0.05) is 24.6 Å². The van der Waals surface area contributed by atoms with Crippen LogP contribution in [-0.4, -0.2) is 11.5 Å². The molecule has 2 unspecified atom stereocenters. The number of hydrogen-bond acceptors (Lipinski definition) is 2. The van der Waals surface area contributed by atoms with Gasteiger partial charge in [0.25, 0.3) is 0 Å². The van der Waals surface area contributed by atoms with Crippen LogP contribution in [0.1, 0.15) is 31.7 Å². The maximum atomic E-state index is 4.10. The third-order valence-corrected chi connectivity index (χ3v) is 3.40. The lowest BCUT2D eigenvalue weighted by Gasteiger charge is -2.13. The van der Waals surface area contributed by atoms with Crippen molar-refractivity contribution in [2.75, 3.05) is 11.9 Å². The van der Waals surface area contributed by atoms with E-state index in [-0.39, 0.29) is 0 Å². The molecular formula is C13H20N2. The van der Waals surface area contributed by atoms with Crippen LogP contribution >= 0.6 is 0 Å². The summed E-state index contributed by atoms with van der Waals surface area (Å²) in [5.74, 6) is 1.79. The summed E-state index contributed by atoms with van der Waals surface area (Å²) < 4.78 is 0. The molecule has 0 saturated heterocycles. The molecule has 2 nitrogen and oxygen atoms in total. The van der Waals surface area contributed by atoms with E-state index < -0.39 is 0 Å². The number of anilines is 1. The van der Waals surface area contributed by atoms with E-state index in [0.717, 1.165) is 18.4 Å². The molecule has 1 saturated carbocycles. The average Bonchev–Trinajstić information content (AvgIpc) is 2.63. The summed E-state index contributed by atoms with van der Waals surface area (Å²) >= 11 is 0. The number of hydrogen-bond donors (Lipinski definition) is 1. The highest BCUT2D eigenvalue weighted by Gasteiger charge is 2.20. The minimum atomic E-state index is 0.868. The molecule has 0 aliphatic heterocycles. The van der Waals surface area contributed by atoms with Crippen LogP contribution in [-0.2, 0) is 0 Å². The van der Waals surface area contributed by atoms with Crippen molar-refractivity contribution in [3.8, 4) is 0 Å². The van der Waals surface area contributed by atoms with Gasteiger partial charge in [-0.15, -0.1) is 0 Å². The van der Waals surface area contributed by atoms with Gasteiger partial charge in [0.05, 0.1) is 0 Å². The second-order valence-corrected chi connectivity index (χ2v) is 4.86. The third kappa shape index (κ3) is 2.71. The number of rotatable bonds is 3. The lowest BCUT2D eigenvalue weighted by molar-refractivity contribution is 0.537. The Balaban J connectivity index is 1.86. The second kappa shape index (κ2) is 4.65. The summed E-state index contributed by atoms with van der Waals surface area (Å²) in [6, 6.07) is 2.06. The van der Waals surface area contributed by atoms with Crippen LogP contribution in [0.2, 0.25) is 0 Å². The van der Waals surface area contributed by atoms with Gasteiger partial charge in [-0.05, 0) is 43.2 Å². The molecule has 1 fully saturated rings. The molecule has 1 N–H and O–H groups in total. The summed E-state index contributed by atoms with van der Waals surface area (Å²) in [6.45, 7) is 5.58. The first kappa shape index (κ1) is 10.5. The second-order valence-electron chi connectivity index (χ2n) is 4.86. The fraction of sp³-hybridized carbons (Fsp3) is 0.615. The predicted octanol–water partition coefficient (Wildman–Crippen LogP) is 3.24. The van der Waals surface area contributed by atoms with Gasteiger partial charge in [0.2, 0.25) is 0 Å². The molecule has 1 aliphatic rings. The van der Waals surface area contributed by atoms with Gasteiger partial charge >= 0.3 is 0 Å². The molecule has 2 rings (SSSR count). The summed E-state index contributed by atoms with van der Waals surface area (Å²) in [5.41, 5.74) is 2.48. The number of aryl methyl sites for hydroxylation is 1. The molecule has 1 aliphatic carbocycles. The van der Waals surface area contributed by atoms with Crippen LogP contribution in [0.25, 0.3) is 0 Å². The van der Waals surface area contributed by atoms with E-state index in [0.29, 0.717) is 0 Å². The Hall–Kier alpha value is -1.05. The number of pyridine rings is 1.